The number of ether oxygens (including phenoxy) is 1. The van der Waals surface area contributed by atoms with Gasteiger partial charge in [0.15, 0.2) is 0 Å². The molecule has 30 heavy (non-hydrogen) atoms. The molecule has 0 aliphatic rings. The van der Waals surface area contributed by atoms with Gasteiger partial charge < -0.3 is 15.2 Å². The Labute approximate surface area is 181 Å². The van der Waals surface area contributed by atoms with Crippen molar-refractivity contribution in [2.45, 2.75) is 0 Å². The number of halogens is 1. The van der Waals surface area contributed by atoms with Crippen LogP contribution in [0, 0.1) is 0 Å². The first-order valence-electron chi connectivity index (χ1n) is 8.84. The SMILES string of the molecule is COc1cccc(C(=O)Nc2ccccc2C(=O)N/N=C/c2cc(Br)ccc2O)c1. The smallest absolute Gasteiger partial charge is 0.273 e. The molecule has 0 bridgehead atoms. The molecule has 7 nitrogen and oxygen atoms in total. The molecule has 0 unspecified atom stereocenters. The van der Waals surface area contributed by atoms with E-state index >= 15 is 0 Å². The molecule has 0 saturated carbocycles. The second-order valence-corrected chi connectivity index (χ2v) is 7.05. The molecule has 152 valence electrons. The summed E-state index contributed by atoms with van der Waals surface area (Å²) >= 11 is 3.31. The highest BCUT2D eigenvalue weighted by molar-refractivity contribution is 9.10. The van der Waals surface area contributed by atoms with Crippen LogP contribution in [0.4, 0.5) is 5.69 Å². The van der Waals surface area contributed by atoms with E-state index in [4.69, 9.17) is 4.74 Å². The van der Waals surface area contributed by atoms with Gasteiger partial charge in [-0.3, -0.25) is 9.59 Å². The highest BCUT2D eigenvalue weighted by Gasteiger charge is 2.14. The molecule has 3 rings (SSSR count). The van der Waals surface area contributed by atoms with Gasteiger partial charge in [0.25, 0.3) is 11.8 Å². The summed E-state index contributed by atoms with van der Waals surface area (Å²) in [6.07, 6.45) is 1.33. The molecule has 3 aromatic rings. The standard InChI is InChI=1S/C22H18BrN3O4/c1-30-17-6-4-5-14(12-17)21(28)25-19-8-3-2-7-18(19)22(29)26-24-13-15-11-16(23)9-10-20(15)27/h2-13,27H,1H3,(H,25,28)(H,26,29)/b24-13+. The van der Waals surface area contributed by atoms with E-state index in [1.807, 2.05) is 0 Å². The van der Waals surface area contributed by atoms with E-state index in [0.29, 0.717) is 22.6 Å². The lowest BCUT2D eigenvalue weighted by atomic mass is 10.1. The minimum absolute atomic E-state index is 0.0298. The van der Waals surface area contributed by atoms with Gasteiger partial charge in [-0.05, 0) is 48.5 Å². The number of nitrogens with one attached hydrogen (secondary N) is 2. The number of phenols is 1. The number of methoxy groups -OCH3 is 1. The van der Waals surface area contributed by atoms with Gasteiger partial charge in [-0.15, -0.1) is 0 Å². The molecule has 0 atom stereocenters. The van der Waals surface area contributed by atoms with Gasteiger partial charge in [0.2, 0.25) is 0 Å². The molecular formula is C22H18BrN3O4. The van der Waals surface area contributed by atoms with Crippen LogP contribution < -0.4 is 15.5 Å². The van der Waals surface area contributed by atoms with Gasteiger partial charge in [-0.2, -0.15) is 5.10 Å². The lowest BCUT2D eigenvalue weighted by molar-refractivity contribution is 0.0956. The van der Waals surface area contributed by atoms with Gasteiger partial charge in [0.1, 0.15) is 11.5 Å². The number of amides is 2. The summed E-state index contributed by atoms with van der Waals surface area (Å²) in [5.74, 6) is -0.306. The maximum absolute atomic E-state index is 12.6. The van der Waals surface area contributed by atoms with Crippen molar-refractivity contribution in [3.63, 3.8) is 0 Å². The minimum Gasteiger partial charge on any atom is -0.507 e. The van der Waals surface area contributed by atoms with Crippen molar-refractivity contribution in [2.24, 2.45) is 5.10 Å². The number of para-hydroxylation sites is 1. The van der Waals surface area contributed by atoms with Crippen molar-refractivity contribution in [3.8, 4) is 11.5 Å². The summed E-state index contributed by atoms with van der Waals surface area (Å²) in [6, 6.07) is 18.1. The number of hydrogen-bond donors (Lipinski definition) is 3. The fraction of sp³-hybridized carbons (Fsp3) is 0.0455. The van der Waals surface area contributed by atoms with E-state index in [2.05, 4.69) is 31.8 Å². The predicted octanol–water partition coefficient (Wildman–Crippen LogP) is 4.18. The van der Waals surface area contributed by atoms with Gasteiger partial charge in [0.05, 0.1) is 24.6 Å². The number of carbonyl (C=O) groups excluding carboxylic acids is 2. The molecule has 0 spiro atoms. The summed E-state index contributed by atoms with van der Waals surface area (Å²) in [5, 5.41) is 16.4. The number of anilines is 1. The number of carbonyl (C=O) groups is 2. The lowest BCUT2D eigenvalue weighted by Crippen LogP contribution is -2.21. The van der Waals surface area contributed by atoms with Crippen molar-refractivity contribution in [1.29, 1.82) is 0 Å². The van der Waals surface area contributed by atoms with Crippen molar-refractivity contribution in [3.05, 3.63) is 87.9 Å². The van der Waals surface area contributed by atoms with Crippen molar-refractivity contribution in [2.75, 3.05) is 12.4 Å². The Morgan fingerprint density at radius 3 is 2.63 bits per heavy atom. The number of nitrogens with zero attached hydrogens (tertiary/aromatic N) is 1. The predicted molar refractivity (Wildman–Crippen MR) is 118 cm³/mol. The monoisotopic (exact) mass is 467 g/mol. The van der Waals surface area contributed by atoms with Crippen LogP contribution in [0.2, 0.25) is 0 Å². The molecule has 2 amide bonds. The first-order chi connectivity index (χ1) is 14.5. The highest BCUT2D eigenvalue weighted by atomic mass is 79.9. The van der Waals surface area contributed by atoms with E-state index in [1.54, 1.807) is 60.7 Å². The zero-order valence-corrected chi connectivity index (χ0v) is 17.5. The van der Waals surface area contributed by atoms with Crippen molar-refractivity contribution in [1.82, 2.24) is 5.43 Å². The largest absolute Gasteiger partial charge is 0.507 e. The third kappa shape index (κ3) is 5.24. The second-order valence-electron chi connectivity index (χ2n) is 6.13. The molecule has 0 radical (unpaired) electrons. The molecule has 0 heterocycles. The number of benzene rings is 3. The molecule has 8 heteroatoms. The van der Waals surface area contributed by atoms with Crippen LogP contribution >= 0.6 is 15.9 Å². The Kier molecular flexibility index (Phi) is 6.82. The average molecular weight is 468 g/mol. The Morgan fingerprint density at radius 1 is 1.03 bits per heavy atom. The van der Waals surface area contributed by atoms with E-state index < -0.39 is 5.91 Å². The zero-order valence-electron chi connectivity index (χ0n) is 15.9. The third-order valence-electron chi connectivity index (χ3n) is 4.11. The average Bonchev–Trinajstić information content (AvgIpc) is 2.76. The molecule has 0 saturated heterocycles. The first kappa shape index (κ1) is 21.1. The quantitative estimate of drug-likeness (QED) is 0.373. The summed E-state index contributed by atoms with van der Waals surface area (Å²) in [5.41, 5.74) is 3.81. The number of rotatable bonds is 6. The topological polar surface area (TPSA) is 100 Å². The Morgan fingerprint density at radius 2 is 1.83 bits per heavy atom. The summed E-state index contributed by atoms with van der Waals surface area (Å²) in [7, 11) is 1.52. The van der Waals surface area contributed by atoms with Gasteiger partial charge in [-0.25, -0.2) is 5.43 Å². The molecule has 3 aromatic carbocycles. The molecule has 0 aliphatic heterocycles. The summed E-state index contributed by atoms with van der Waals surface area (Å²) < 4.78 is 5.90. The lowest BCUT2D eigenvalue weighted by Gasteiger charge is -2.10. The number of aromatic hydroxyl groups is 1. The zero-order chi connectivity index (χ0) is 21.5. The molecule has 0 fully saturated rings. The Balaban J connectivity index is 1.74. The van der Waals surface area contributed by atoms with Crippen LogP contribution in [0.1, 0.15) is 26.3 Å². The fourth-order valence-corrected chi connectivity index (χ4v) is 2.98. The van der Waals surface area contributed by atoms with Gasteiger partial charge in [0, 0.05) is 15.6 Å². The van der Waals surface area contributed by atoms with Crippen LogP contribution in [-0.2, 0) is 0 Å². The number of phenolic OH excluding ortho intramolecular Hbond substituents is 1. The molecule has 0 aliphatic carbocycles. The normalized spacial score (nSPS) is 10.6. The minimum atomic E-state index is -0.512. The van der Waals surface area contributed by atoms with Crippen LogP contribution in [0.15, 0.2) is 76.3 Å². The van der Waals surface area contributed by atoms with Crippen molar-refractivity contribution >= 4 is 39.6 Å². The van der Waals surface area contributed by atoms with Crippen molar-refractivity contribution < 1.29 is 19.4 Å². The van der Waals surface area contributed by atoms with E-state index in [-0.39, 0.29) is 17.2 Å². The number of hydrazone groups is 1. The Hall–Kier alpha value is -3.65. The highest BCUT2D eigenvalue weighted by Crippen LogP contribution is 2.20. The van der Waals surface area contributed by atoms with E-state index in [1.165, 1.54) is 19.4 Å². The number of hydrogen-bond acceptors (Lipinski definition) is 5. The van der Waals surface area contributed by atoms with Crippen LogP contribution in [0.5, 0.6) is 11.5 Å². The van der Waals surface area contributed by atoms with E-state index in [9.17, 15) is 14.7 Å². The Bertz CT molecular complexity index is 1120. The fourth-order valence-electron chi connectivity index (χ4n) is 2.60. The third-order valence-corrected chi connectivity index (χ3v) is 4.60. The molecule has 0 aromatic heterocycles. The van der Waals surface area contributed by atoms with Gasteiger partial charge in [-0.1, -0.05) is 34.1 Å². The van der Waals surface area contributed by atoms with Crippen LogP contribution in [-0.4, -0.2) is 30.2 Å². The maximum atomic E-state index is 12.6. The summed E-state index contributed by atoms with van der Waals surface area (Å²) in [6.45, 7) is 0. The van der Waals surface area contributed by atoms with Gasteiger partial charge >= 0.3 is 0 Å². The molecular weight excluding hydrogens is 450 g/mol. The summed E-state index contributed by atoms with van der Waals surface area (Å²) in [4.78, 5) is 25.1. The first-order valence-corrected chi connectivity index (χ1v) is 9.63. The second kappa shape index (κ2) is 9.71. The van der Waals surface area contributed by atoms with E-state index in [0.717, 1.165) is 4.47 Å². The molecule has 3 N–H and O–H groups in total. The van der Waals surface area contributed by atoms with Crippen LogP contribution in [0.25, 0.3) is 0 Å². The van der Waals surface area contributed by atoms with Crippen LogP contribution in [0.3, 0.4) is 0 Å². The maximum Gasteiger partial charge on any atom is 0.273 e.